The number of likely N-dealkylation sites (N-methyl/N-ethyl adjacent to an activating group) is 1. The van der Waals surface area contributed by atoms with Crippen LogP contribution in [0.3, 0.4) is 0 Å². The fourth-order valence-electron chi connectivity index (χ4n) is 10.3. The Hall–Kier alpha value is -6.05. The monoisotopic (exact) mass is 1190 g/mol. The van der Waals surface area contributed by atoms with Gasteiger partial charge in [0.15, 0.2) is 21.9 Å². The summed E-state index contributed by atoms with van der Waals surface area (Å²) in [5.74, 6) is 1.67. The lowest BCUT2D eigenvalue weighted by atomic mass is 10.0. The van der Waals surface area contributed by atoms with E-state index in [1.54, 1.807) is 87.5 Å². The fraction of sp³-hybridized carbons (Fsp3) is 0.418. The number of nitrogens with zero attached hydrogens (tertiary/aromatic N) is 7. The molecule has 1 aromatic heterocycles. The van der Waals surface area contributed by atoms with Crippen molar-refractivity contribution in [2.45, 2.75) is 49.2 Å². The van der Waals surface area contributed by atoms with Gasteiger partial charge in [-0.25, -0.2) is 23.2 Å². The number of benzene rings is 4. The molecular formula is C55H70Cl2N12O8P2S. The van der Waals surface area contributed by atoms with Crippen LogP contribution in [0.2, 0.25) is 5.02 Å². The van der Waals surface area contributed by atoms with Crippen molar-refractivity contribution in [3.63, 3.8) is 0 Å². The number of methoxy groups -OCH3 is 2. The van der Waals surface area contributed by atoms with Crippen LogP contribution < -0.4 is 51.6 Å². The van der Waals surface area contributed by atoms with E-state index in [1.165, 1.54) is 19.4 Å². The number of nitrogens with one attached hydrogen (secondary N) is 5. The lowest BCUT2D eigenvalue weighted by molar-refractivity contribution is 0.0115. The van der Waals surface area contributed by atoms with E-state index in [-0.39, 0.29) is 64.7 Å². The summed E-state index contributed by atoms with van der Waals surface area (Å²) in [7, 11) is -4.54. The number of halogens is 2. The number of piperidine rings is 1. The largest absolute Gasteiger partial charge is 0.495 e. The molecule has 25 heteroatoms. The molecule has 1 atom stereocenters. The van der Waals surface area contributed by atoms with Gasteiger partial charge in [-0.3, -0.25) is 4.90 Å². The van der Waals surface area contributed by atoms with Gasteiger partial charge in [0.25, 0.3) is 0 Å². The van der Waals surface area contributed by atoms with Crippen LogP contribution in [-0.4, -0.2) is 168 Å². The van der Waals surface area contributed by atoms with Crippen molar-refractivity contribution < 1.29 is 36.6 Å². The number of rotatable bonds is 17. The van der Waals surface area contributed by atoms with Crippen LogP contribution in [-0.2, 0) is 23.7 Å². The molecule has 4 aliphatic heterocycles. The number of hydrogen-bond acceptors (Lipinski definition) is 18. The quantitative estimate of drug-likeness (QED) is 0.0549. The van der Waals surface area contributed by atoms with Gasteiger partial charge in [0, 0.05) is 87.0 Å². The molecule has 1 unspecified atom stereocenters. The zero-order valence-corrected chi connectivity index (χ0v) is 50.2. The van der Waals surface area contributed by atoms with Crippen molar-refractivity contribution >= 4 is 110 Å². The minimum Gasteiger partial charge on any atom is -0.495 e. The Morgan fingerprint density at radius 2 is 1.52 bits per heavy atom. The maximum Gasteiger partial charge on any atom is 0.320 e. The van der Waals surface area contributed by atoms with Crippen molar-refractivity contribution in [1.82, 2.24) is 30.0 Å². The molecule has 0 saturated carbocycles. The van der Waals surface area contributed by atoms with E-state index in [9.17, 15) is 22.3 Å². The molecule has 0 spiro atoms. The molecule has 4 aliphatic rings. The highest BCUT2D eigenvalue weighted by Gasteiger charge is 2.36. The van der Waals surface area contributed by atoms with Crippen molar-refractivity contribution in [3.05, 3.63) is 107 Å². The summed E-state index contributed by atoms with van der Waals surface area (Å²) >= 11 is 13.7. The molecule has 3 saturated heterocycles. The molecule has 4 aromatic carbocycles. The smallest absolute Gasteiger partial charge is 0.320 e. The molecule has 0 aliphatic carbocycles. The summed E-state index contributed by atoms with van der Waals surface area (Å²) in [5, 5.41) is 17.5. The molecule has 428 valence electrons. The number of morpholine rings is 1. The van der Waals surface area contributed by atoms with Crippen molar-refractivity contribution in [1.29, 1.82) is 0 Å². The normalized spacial score (nSPS) is 18.3. The minimum absolute atomic E-state index is 0.0662. The number of amides is 2. The van der Waals surface area contributed by atoms with Gasteiger partial charge >= 0.3 is 6.03 Å². The number of anilines is 7. The molecule has 2 amide bonds. The molecular weight excluding hydrogens is 1120 g/mol. The van der Waals surface area contributed by atoms with Crippen LogP contribution in [0, 0.1) is 0 Å². The van der Waals surface area contributed by atoms with E-state index in [4.69, 9.17) is 42.4 Å². The molecule has 0 bridgehead atoms. The van der Waals surface area contributed by atoms with Gasteiger partial charge in [0.05, 0.1) is 78.8 Å². The summed E-state index contributed by atoms with van der Waals surface area (Å²) in [4.78, 5) is 36.5. The topological polar surface area (TPSA) is 224 Å². The van der Waals surface area contributed by atoms with E-state index in [0.717, 1.165) is 57.9 Å². The number of urea groups is 1. The standard InChI is InChI=1S/C55H70Cl2N12O8P2S/c1-36(2)80(73,74)49-15-11-9-13-44(49)60-51-40(56)34-58-53(64-51)61-42-19-17-39(33-47(42)76-5)79(72)30-26-69(27-31-79)55(70)66(3)35-45-50(57)52(59-43-12-8-10-14-48(43)78(6,7)71)65-54(63-45)62-41-18-16-38(32-46(41)75-4)67-22-20-37(21-23-67)68-24-28-77-29-25-68/h8-19,32-34,36-37,54,62-63H,20-31,35H2,1-7H3,(H,59,65)(H2,58,60,61,64). The number of para-hydroxylation sites is 2. The highest BCUT2D eigenvalue weighted by molar-refractivity contribution is 7.92. The summed E-state index contributed by atoms with van der Waals surface area (Å²) in [6.07, 6.45) is 3.25. The molecule has 80 heavy (non-hydrogen) atoms. The van der Waals surface area contributed by atoms with E-state index in [1.807, 2.05) is 36.4 Å². The minimum atomic E-state index is -3.63. The van der Waals surface area contributed by atoms with Crippen molar-refractivity contribution in [2.75, 3.05) is 132 Å². The van der Waals surface area contributed by atoms with Crippen LogP contribution in [0.25, 0.3) is 0 Å². The Morgan fingerprint density at radius 3 is 2.21 bits per heavy atom. The molecule has 9 rings (SSSR count). The number of amidine groups is 1. The first-order valence-electron chi connectivity index (χ1n) is 26.6. The molecule has 5 heterocycles. The Labute approximate surface area is 478 Å². The third kappa shape index (κ3) is 13.3. The summed E-state index contributed by atoms with van der Waals surface area (Å²) in [6, 6.07) is 25.5. The first-order chi connectivity index (χ1) is 38.2. The molecule has 0 radical (unpaired) electrons. The highest BCUT2D eigenvalue weighted by Crippen LogP contribution is 2.48. The summed E-state index contributed by atoms with van der Waals surface area (Å²) < 4.78 is 71.8. The van der Waals surface area contributed by atoms with Gasteiger partial charge < -0.3 is 64.6 Å². The second-order valence-corrected chi connectivity index (χ2v) is 30.4. The number of aliphatic imine (C=N–C) groups is 1. The van der Waals surface area contributed by atoms with Crippen LogP contribution >= 0.6 is 37.5 Å². The first kappa shape index (κ1) is 58.6. The lowest BCUT2D eigenvalue weighted by Crippen LogP contribution is -2.49. The average molecular weight is 1190 g/mol. The SMILES string of the molecule is COc1cc(P2(=O)CCN(C(=O)N(C)CC3=C(Cl)C(Nc4ccccc4P(C)(C)=O)=NC(Nc4ccc(N5CCC(N6CCOCC6)CC5)cc4OC)N3)CC2)ccc1Nc1ncc(Cl)c(Nc2ccccc2S(=O)(=O)C(C)C)n1. The predicted molar refractivity (Wildman–Crippen MR) is 323 cm³/mol. The second-order valence-electron chi connectivity index (χ2n) is 20.8. The second kappa shape index (κ2) is 25.0. The van der Waals surface area contributed by atoms with Crippen LogP contribution in [0.1, 0.15) is 26.7 Å². The van der Waals surface area contributed by atoms with Crippen LogP contribution in [0.5, 0.6) is 11.5 Å². The Bertz CT molecular complexity index is 3360. The number of ether oxygens (including phenoxy) is 3. The van der Waals surface area contributed by atoms with Gasteiger partial charge in [-0.2, -0.15) is 4.98 Å². The highest BCUT2D eigenvalue weighted by atomic mass is 35.5. The molecule has 5 N–H and O–H groups in total. The van der Waals surface area contributed by atoms with E-state index in [0.29, 0.717) is 62.4 Å². The Balaban J connectivity index is 0.866. The van der Waals surface area contributed by atoms with Crippen molar-refractivity contribution in [3.8, 4) is 11.5 Å². The van der Waals surface area contributed by atoms with E-state index >= 15 is 0 Å². The van der Waals surface area contributed by atoms with E-state index < -0.39 is 35.7 Å². The van der Waals surface area contributed by atoms with Gasteiger partial charge in [0.1, 0.15) is 41.7 Å². The molecule has 3 fully saturated rings. The Morgan fingerprint density at radius 1 is 0.863 bits per heavy atom. The number of aromatic nitrogens is 2. The fourth-order valence-corrected chi connectivity index (χ4v) is 15.5. The maximum absolute atomic E-state index is 14.7. The zero-order chi connectivity index (χ0) is 56.9. The number of carbonyl (C=O) groups is 1. The van der Waals surface area contributed by atoms with Crippen molar-refractivity contribution in [2.24, 2.45) is 4.99 Å². The zero-order valence-electron chi connectivity index (χ0n) is 46.0. The summed E-state index contributed by atoms with van der Waals surface area (Å²) in [6.45, 7) is 12.6. The summed E-state index contributed by atoms with van der Waals surface area (Å²) in [5.41, 5.74) is 3.67. The molecule has 5 aromatic rings. The van der Waals surface area contributed by atoms with E-state index in [2.05, 4.69) is 52.4 Å². The van der Waals surface area contributed by atoms with Crippen LogP contribution in [0.4, 0.5) is 45.0 Å². The van der Waals surface area contributed by atoms with Gasteiger partial charge in [-0.1, -0.05) is 47.5 Å². The lowest BCUT2D eigenvalue weighted by Gasteiger charge is -2.41. The number of hydrogen-bond donors (Lipinski definition) is 5. The first-order valence-corrected chi connectivity index (χ1v) is 33.5. The van der Waals surface area contributed by atoms with Gasteiger partial charge in [-0.05, 0) is 94.6 Å². The third-order valence-corrected chi connectivity index (χ3v) is 22.3. The van der Waals surface area contributed by atoms with Crippen LogP contribution in [0.15, 0.2) is 112 Å². The average Bonchev–Trinajstić information content (AvgIpc) is 3.46. The Kier molecular flexibility index (Phi) is 18.3. The number of carbonyl (C=O) groups excluding carboxylic acids is 1. The molecule has 20 nitrogen and oxygen atoms in total. The van der Waals surface area contributed by atoms with Gasteiger partial charge in [-0.15, -0.1) is 0 Å². The number of sulfone groups is 1. The predicted octanol–water partition coefficient (Wildman–Crippen LogP) is 8.68. The van der Waals surface area contributed by atoms with Gasteiger partial charge in [0.2, 0.25) is 5.95 Å². The third-order valence-electron chi connectivity index (χ3n) is 14.8. The maximum atomic E-state index is 14.7.